The fourth-order valence-electron chi connectivity index (χ4n) is 4.67. The van der Waals surface area contributed by atoms with E-state index < -0.39 is 12.1 Å². The molecule has 0 aliphatic carbocycles. The molecule has 37 heavy (non-hydrogen) atoms. The van der Waals surface area contributed by atoms with Crippen LogP contribution in [0, 0.1) is 0 Å². The SMILES string of the molecule is CN(CC(=O)Nc1ccc(N2CCOCC2)cc1)C(=O)c1ccc2c(c1)C[C@@H](c1ccccc1)OC2=O. The van der Waals surface area contributed by atoms with E-state index in [1.165, 1.54) is 4.90 Å². The molecule has 2 aliphatic rings. The van der Waals surface area contributed by atoms with E-state index in [4.69, 9.17) is 9.47 Å². The number of benzene rings is 3. The highest BCUT2D eigenvalue weighted by molar-refractivity contribution is 6.00. The first-order valence-electron chi connectivity index (χ1n) is 12.3. The first-order valence-corrected chi connectivity index (χ1v) is 12.3. The second-order valence-electron chi connectivity index (χ2n) is 9.24. The topological polar surface area (TPSA) is 88.2 Å². The number of hydrogen-bond acceptors (Lipinski definition) is 6. The first-order chi connectivity index (χ1) is 18.0. The average Bonchev–Trinajstić information content (AvgIpc) is 2.93. The highest BCUT2D eigenvalue weighted by Crippen LogP contribution is 2.31. The van der Waals surface area contributed by atoms with Crippen molar-refractivity contribution in [3.8, 4) is 0 Å². The summed E-state index contributed by atoms with van der Waals surface area (Å²) < 4.78 is 11.0. The molecule has 1 fully saturated rings. The average molecular weight is 500 g/mol. The van der Waals surface area contributed by atoms with Gasteiger partial charge in [-0.05, 0) is 53.6 Å². The molecule has 5 rings (SSSR count). The van der Waals surface area contributed by atoms with E-state index in [1.807, 2.05) is 54.6 Å². The minimum Gasteiger partial charge on any atom is -0.454 e. The van der Waals surface area contributed by atoms with Gasteiger partial charge in [-0.15, -0.1) is 0 Å². The molecule has 2 heterocycles. The predicted molar refractivity (Wildman–Crippen MR) is 140 cm³/mol. The number of carbonyl (C=O) groups excluding carboxylic acids is 3. The van der Waals surface area contributed by atoms with Crippen LogP contribution in [0.1, 0.15) is 37.9 Å². The van der Waals surface area contributed by atoms with Gasteiger partial charge in [-0.1, -0.05) is 30.3 Å². The number of esters is 1. The molecular formula is C29H29N3O5. The second-order valence-corrected chi connectivity index (χ2v) is 9.24. The van der Waals surface area contributed by atoms with Gasteiger partial charge in [0.15, 0.2) is 0 Å². The number of nitrogens with zero attached hydrogens (tertiary/aromatic N) is 2. The molecule has 2 amide bonds. The highest BCUT2D eigenvalue weighted by atomic mass is 16.5. The molecule has 0 unspecified atom stereocenters. The number of cyclic esters (lactones) is 1. The van der Waals surface area contributed by atoms with Crippen LogP contribution in [0.4, 0.5) is 11.4 Å². The summed E-state index contributed by atoms with van der Waals surface area (Å²) in [4.78, 5) is 41.9. The Kier molecular flexibility index (Phi) is 7.18. The number of rotatable bonds is 6. The van der Waals surface area contributed by atoms with Crippen LogP contribution in [-0.2, 0) is 20.7 Å². The standard InChI is InChI=1S/C29H29N3O5/c1-31(19-27(33)30-23-8-10-24(11-9-23)32-13-15-36-16-14-32)28(34)21-7-12-25-22(17-21)18-26(37-29(25)35)20-5-3-2-4-6-20/h2-12,17,26H,13-16,18-19H2,1H3,(H,30,33)/t26-/m0/s1. The van der Waals surface area contributed by atoms with Crippen LogP contribution in [-0.4, -0.2) is 62.6 Å². The lowest BCUT2D eigenvalue weighted by Crippen LogP contribution is -2.36. The Balaban J connectivity index is 1.21. The number of morpholine rings is 1. The van der Waals surface area contributed by atoms with Gasteiger partial charge in [-0.25, -0.2) is 4.79 Å². The van der Waals surface area contributed by atoms with Crippen LogP contribution in [0.2, 0.25) is 0 Å². The molecule has 0 saturated carbocycles. The quantitative estimate of drug-likeness (QED) is 0.521. The maximum Gasteiger partial charge on any atom is 0.339 e. The van der Waals surface area contributed by atoms with E-state index in [0.29, 0.717) is 36.4 Å². The van der Waals surface area contributed by atoms with Gasteiger partial charge in [0.1, 0.15) is 6.10 Å². The summed E-state index contributed by atoms with van der Waals surface area (Å²) in [5, 5.41) is 2.85. The van der Waals surface area contributed by atoms with Gasteiger partial charge < -0.3 is 24.6 Å². The largest absolute Gasteiger partial charge is 0.454 e. The van der Waals surface area contributed by atoms with E-state index >= 15 is 0 Å². The maximum atomic E-state index is 13.1. The first kappa shape index (κ1) is 24.5. The van der Waals surface area contributed by atoms with Gasteiger partial charge in [-0.3, -0.25) is 9.59 Å². The Morgan fingerprint density at radius 1 is 1.00 bits per heavy atom. The third kappa shape index (κ3) is 5.65. The monoisotopic (exact) mass is 499 g/mol. The van der Waals surface area contributed by atoms with Crippen molar-refractivity contribution in [2.45, 2.75) is 12.5 Å². The zero-order chi connectivity index (χ0) is 25.8. The van der Waals surface area contributed by atoms with Crippen LogP contribution in [0.3, 0.4) is 0 Å². The predicted octanol–water partition coefficient (Wildman–Crippen LogP) is 3.69. The third-order valence-electron chi connectivity index (χ3n) is 6.65. The second kappa shape index (κ2) is 10.8. The van der Waals surface area contributed by atoms with Crippen LogP contribution in [0.5, 0.6) is 0 Å². The van der Waals surface area contributed by atoms with Gasteiger partial charge in [0, 0.05) is 43.5 Å². The van der Waals surface area contributed by atoms with Crippen molar-refractivity contribution in [2.75, 3.05) is 50.1 Å². The van der Waals surface area contributed by atoms with E-state index in [9.17, 15) is 14.4 Å². The van der Waals surface area contributed by atoms with Crippen LogP contribution < -0.4 is 10.2 Å². The lowest BCUT2D eigenvalue weighted by atomic mass is 9.93. The van der Waals surface area contributed by atoms with E-state index in [1.54, 1.807) is 25.2 Å². The summed E-state index contributed by atoms with van der Waals surface area (Å²) in [5.41, 5.74) is 4.30. The highest BCUT2D eigenvalue weighted by Gasteiger charge is 2.28. The summed E-state index contributed by atoms with van der Waals surface area (Å²) in [7, 11) is 1.59. The fourth-order valence-corrected chi connectivity index (χ4v) is 4.67. The van der Waals surface area contributed by atoms with Gasteiger partial charge in [0.2, 0.25) is 5.91 Å². The zero-order valence-corrected chi connectivity index (χ0v) is 20.7. The summed E-state index contributed by atoms with van der Waals surface area (Å²) in [6, 6.07) is 22.1. The molecule has 8 heteroatoms. The number of likely N-dealkylation sites (N-methyl/N-ethyl adjacent to an activating group) is 1. The molecule has 8 nitrogen and oxygen atoms in total. The van der Waals surface area contributed by atoms with Gasteiger partial charge in [-0.2, -0.15) is 0 Å². The molecule has 0 aromatic heterocycles. The Bertz CT molecular complexity index is 1290. The summed E-state index contributed by atoms with van der Waals surface area (Å²) in [6.07, 6.45) is 0.0846. The van der Waals surface area contributed by atoms with Crippen molar-refractivity contribution in [1.29, 1.82) is 0 Å². The van der Waals surface area contributed by atoms with Crippen molar-refractivity contribution in [3.05, 3.63) is 95.1 Å². The summed E-state index contributed by atoms with van der Waals surface area (Å²) in [6.45, 7) is 3.00. The van der Waals surface area contributed by atoms with Gasteiger partial charge >= 0.3 is 5.97 Å². The lowest BCUT2D eigenvalue weighted by Gasteiger charge is -2.29. The molecule has 0 bridgehead atoms. The Morgan fingerprint density at radius 3 is 2.46 bits per heavy atom. The zero-order valence-electron chi connectivity index (χ0n) is 20.7. The number of fused-ring (bicyclic) bond motifs is 1. The third-order valence-corrected chi connectivity index (χ3v) is 6.65. The molecule has 2 aliphatic heterocycles. The number of carbonyl (C=O) groups is 3. The Labute approximate surface area is 215 Å². The Morgan fingerprint density at radius 2 is 1.73 bits per heavy atom. The van der Waals surface area contributed by atoms with Crippen molar-refractivity contribution in [1.82, 2.24) is 4.90 Å². The smallest absolute Gasteiger partial charge is 0.339 e. The van der Waals surface area contributed by atoms with Crippen LogP contribution in [0.25, 0.3) is 0 Å². The number of amides is 2. The number of hydrogen-bond donors (Lipinski definition) is 1. The molecule has 3 aromatic carbocycles. The lowest BCUT2D eigenvalue weighted by molar-refractivity contribution is -0.116. The molecule has 0 radical (unpaired) electrons. The minimum absolute atomic E-state index is 0.101. The van der Waals surface area contributed by atoms with E-state index in [0.717, 1.165) is 29.9 Å². The van der Waals surface area contributed by atoms with Crippen molar-refractivity contribution in [3.63, 3.8) is 0 Å². The minimum atomic E-state index is -0.401. The van der Waals surface area contributed by atoms with Crippen LogP contribution in [0.15, 0.2) is 72.8 Å². The molecule has 0 spiro atoms. The molecular weight excluding hydrogens is 470 g/mol. The van der Waals surface area contributed by atoms with Crippen molar-refractivity contribution < 1.29 is 23.9 Å². The number of ether oxygens (including phenoxy) is 2. The van der Waals surface area contributed by atoms with Crippen LogP contribution >= 0.6 is 0 Å². The number of anilines is 2. The van der Waals surface area contributed by atoms with Gasteiger partial charge in [0.05, 0.1) is 25.3 Å². The molecule has 1 saturated heterocycles. The Hall–Kier alpha value is -4.17. The molecule has 1 N–H and O–H groups in total. The maximum absolute atomic E-state index is 13.1. The van der Waals surface area contributed by atoms with Crippen molar-refractivity contribution >= 4 is 29.2 Å². The molecule has 3 aromatic rings. The molecule has 190 valence electrons. The van der Waals surface area contributed by atoms with Gasteiger partial charge in [0.25, 0.3) is 5.91 Å². The van der Waals surface area contributed by atoms with E-state index in [-0.39, 0.29) is 18.4 Å². The normalized spacial score (nSPS) is 16.9. The van der Waals surface area contributed by atoms with E-state index in [2.05, 4.69) is 10.2 Å². The number of nitrogens with one attached hydrogen (secondary N) is 1. The fraction of sp³-hybridized carbons (Fsp3) is 0.276. The molecule has 1 atom stereocenters. The summed E-state index contributed by atoms with van der Waals surface area (Å²) in [5.74, 6) is -0.988. The van der Waals surface area contributed by atoms with Crippen molar-refractivity contribution in [2.24, 2.45) is 0 Å². The summed E-state index contributed by atoms with van der Waals surface area (Å²) >= 11 is 0.